The molecule has 0 bridgehead atoms. The highest BCUT2D eigenvalue weighted by Gasteiger charge is 2.19. The van der Waals surface area contributed by atoms with Crippen LogP contribution < -0.4 is 0 Å². The summed E-state index contributed by atoms with van der Waals surface area (Å²) in [7, 11) is 0. The smallest absolute Gasteiger partial charge is 0.186 e. The van der Waals surface area contributed by atoms with Gasteiger partial charge in [-0.05, 0) is 11.1 Å². The number of aromatic nitrogens is 8. The van der Waals surface area contributed by atoms with Gasteiger partial charge >= 0.3 is 0 Å². The summed E-state index contributed by atoms with van der Waals surface area (Å²) >= 11 is 2.95. The normalized spacial score (nSPS) is 11.6. The van der Waals surface area contributed by atoms with Crippen molar-refractivity contribution in [3.8, 4) is 10.0 Å². The van der Waals surface area contributed by atoms with E-state index >= 15 is 0 Å². The van der Waals surface area contributed by atoms with Gasteiger partial charge in [0.05, 0.1) is 0 Å². The third-order valence-corrected chi connectivity index (χ3v) is 6.64. The van der Waals surface area contributed by atoms with Gasteiger partial charge in [0, 0.05) is 12.8 Å². The van der Waals surface area contributed by atoms with Crippen LogP contribution in [0.3, 0.4) is 0 Å². The van der Waals surface area contributed by atoms with Crippen LogP contribution in [-0.2, 0) is 12.8 Å². The van der Waals surface area contributed by atoms with Gasteiger partial charge in [0.15, 0.2) is 21.7 Å². The Labute approximate surface area is 178 Å². The number of hydrogen-bond acceptors (Lipinski definition) is 8. The van der Waals surface area contributed by atoms with Gasteiger partial charge in [-0.15, -0.1) is 20.4 Å². The molecule has 10 heteroatoms. The molecule has 0 amide bonds. The lowest BCUT2D eigenvalue weighted by atomic mass is 10.1. The summed E-state index contributed by atoms with van der Waals surface area (Å²) in [6.45, 7) is 0. The lowest BCUT2D eigenvalue weighted by molar-refractivity contribution is 0.840. The average molecular weight is 431 g/mol. The van der Waals surface area contributed by atoms with Crippen LogP contribution in [0, 0.1) is 0 Å². The molecule has 4 aromatic heterocycles. The van der Waals surface area contributed by atoms with Gasteiger partial charge in [0.25, 0.3) is 0 Å². The zero-order valence-electron chi connectivity index (χ0n) is 15.6. The Balaban J connectivity index is 1.33. The maximum Gasteiger partial charge on any atom is 0.235 e. The van der Waals surface area contributed by atoms with Crippen molar-refractivity contribution in [3.63, 3.8) is 0 Å². The number of benzene rings is 2. The summed E-state index contributed by atoms with van der Waals surface area (Å²) in [4.78, 5) is 1.51. The van der Waals surface area contributed by atoms with Gasteiger partial charge in [0.2, 0.25) is 9.92 Å². The summed E-state index contributed by atoms with van der Waals surface area (Å²) in [6, 6.07) is 20.4. The first-order valence-electron chi connectivity index (χ1n) is 9.34. The van der Waals surface area contributed by atoms with Gasteiger partial charge in [-0.2, -0.15) is 19.2 Å². The predicted octanol–water partition coefficient (Wildman–Crippen LogP) is 3.53. The Morgan fingerprint density at radius 1 is 0.567 bits per heavy atom. The molecule has 0 fully saturated rings. The first-order valence-corrected chi connectivity index (χ1v) is 11.0. The Hall–Kier alpha value is -3.50. The second-order valence-electron chi connectivity index (χ2n) is 6.76. The molecule has 0 spiro atoms. The molecule has 0 saturated heterocycles. The largest absolute Gasteiger partial charge is 0.235 e. The molecular formula is C20H14N8S2. The number of rotatable bonds is 5. The van der Waals surface area contributed by atoms with Gasteiger partial charge in [-0.25, -0.2) is 0 Å². The minimum atomic E-state index is 0.678. The minimum Gasteiger partial charge on any atom is -0.186 e. The molecule has 30 heavy (non-hydrogen) atoms. The van der Waals surface area contributed by atoms with Crippen molar-refractivity contribution in [2.45, 2.75) is 12.8 Å². The Morgan fingerprint density at radius 2 is 1.00 bits per heavy atom. The van der Waals surface area contributed by atoms with Crippen LogP contribution in [0.1, 0.15) is 22.8 Å². The highest BCUT2D eigenvalue weighted by atomic mass is 32.1. The third kappa shape index (κ3) is 3.06. The Bertz CT molecular complexity index is 1330. The molecule has 8 nitrogen and oxygen atoms in total. The first kappa shape index (κ1) is 17.4. The molecule has 6 aromatic rings. The fourth-order valence-corrected chi connectivity index (χ4v) is 4.99. The van der Waals surface area contributed by atoms with E-state index < -0.39 is 0 Å². The van der Waals surface area contributed by atoms with E-state index in [1.807, 2.05) is 36.4 Å². The fourth-order valence-electron chi connectivity index (χ4n) is 3.27. The zero-order chi connectivity index (χ0) is 19.9. The van der Waals surface area contributed by atoms with Gasteiger partial charge in [-0.3, -0.25) is 0 Å². The lowest BCUT2D eigenvalue weighted by Crippen LogP contribution is -1.98. The molecule has 0 radical (unpaired) electrons. The molecule has 0 unspecified atom stereocenters. The van der Waals surface area contributed by atoms with Crippen LogP contribution in [0.2, 0.25) is 0 Å². The molecule has 6 rings (SSSR count). The van der Waals surface area contributed by atoms with E-state index in [0.717, 1.165) is 31.6 Å². The maximum atomic E-state index is 4.72. The van der Waals surface area contributed by atoms with Crippen LogP contribution in [0.5, 0.6) is 0 Å². The second kappa shape index (κ2) is 7.08. The number of hydrogen-bond donors (Lipinski definition) is 0. The highest BCUT2D eigenvalue weighted by molar-refractivity contribution is 7.26. The number of fused-ring (bicyclic) bond motifs is 2. The van der Waals surface area contributed by atoms with Crippen molar-refractivity contribution in [2.24, 2.45) is 0 Å². The van der Waals surface area contributed by atoms with Crippen LogP contribution >= 0.6 is 22.7 Å². The summed E-state index contributed by atoms with van der Waals surface area (Å²) in [5.74, 6) is 1.62. The summed E-state index contributed by atoms with van der Waals surface area (Å²) in [6.07, 6.45) is 1.36. The summed E-state index contributed by atoms with van der Waals surface area (Å²) in [5, 5.41) is 28.2. The SMILES string of the molecule is c1ccc(Cc2nnc3sc(-c4nn5c(Cc6ccccc6)nnc5s4)nn23)cc1. The summed E-state index contributed by atoms with van der Waals surface area (Å²) in [5.41, 5.74) is 2.34. The minimum absolute atomic E-state index is 0.678. The van der Waals surface area contributed by atoms with Crippen molar-refractivity contribution < 1.29 is 0 Å². The second-order valence-corrected chi connectivity index (χ2v) is 8.67. The average Bonchev–Trinajstić information content (AvgIpc) is 3.53. The van der Waals surface area contributed by atoms with Crippen molar-refractivity contribution in [1.29, 1.82) is 0 Å². The van der Waals surface area contributed by atoms with E-state index in [2.05, 4.69) is 44.7 Å². The van der Waals surface area contributed by atoms with Crippen LogP contribution in [0.25, 0.3) is 19.9 Å². The zero-order valence-corrected chi connectivity index (χ0v) is 17.2. The maximum absolute atomic E-state index is 4.72. The van der Waals surface area contributed by atoms with Crippen molar-refractivity contribution in [2.75, 3.05) is 0 Å². The molecule has 4 heterocycles. The Morgan fingerprint density at radius 3 is 1.43 bits per heavy atom. The number of nitrogens with zero attached hydrogens (tertiary/aromatic N) is 8. The van der Waals surface area contributed by atoms with Gasteiger partial charge < -0.3 is 0 Å². The predicted molar refractivity (Wildman–Crippen MR) is 115 cm³/mol. The molecule has 0 aliphatic rings. The third-order valence-electron chi connectivity index (χ3n) is 4.70. The van der Waals surface area contributed by atoms with E-state index in [-0.39, 0.29) is 0 Å². The molecule has 0 saturated carbocycles. The van der Waals surface area contributed by atoms with E-state index in [4.69, 9.17) is 10.2 Å². The highest BCUT2D eigenvalue weighted by Crippen LogP contribution is 2.30. The summed E-state index contributed by atoms with van der Waals surface area (Å²) < 4.78 is 3.61. The molecule has 2 aromatic carbocycles. The van der Waals surface area contributed by atoms with Gasteiger partial charge in [0.1, 0.15) is 0 Å². The quantitative estimate of drug-likeness (QED) is 0.416. The van der Waals surface area contributed by atoms with E-state index in [9.17, 15) is 0 Å². The molecule has 146 valence electrons. The monoisotopic (exact) mass is 430 g/mol. The van der Waals surface area contributed by atoms with Crippen LogP contribution in [0.15, 0.2) is 60.7 Å². The molecule has 0 N–H and O–H groups in total. The first-order chi connectivity index (χ1) is 14.8. The topological polar surface area (TPSA) is 86.2 Å². The van der Waals surface area contributed by atoms with Crippen molar-refractivity contribution in [1.82, 2.24) is 39.6 Å². The van der Waals surface area contributed by atoms with Crippen molar-refractivity contribution >= 4 is 32.6 Å². The Kier molecular flexibility index (Phi) is 4.10. The standard InChI is InChI=1S/C20H14N8S2/c1-3-7-13(8-4-1)11-15-21-23-19-27(15)25-17(29-19)18-26-28-16(22-24-20(28)30-18)12-14-9-5-2-6-10-14/h1-10H,11-12H2. The van der Waals surface area contributed by atoms with E-state index in [1.54, 1.807) is 9.03 Å². The molecular weight excluding hydrogens is 416 g/mol. The molecule has 0 aliphatic heterocycles. The van der Waals surface area contributed by atoms with Gasteiger partial charge in [-0.1, -0.05) is 83.3 Å². The van der Waals surface area contributed by atoms with Crippen molar-refractivity contribution in [3.05, 3.63) is 83.4 Å². The lowest BCUT2D eigenvalue weighted by Gasteiger charge is -1.97. The van der Waals surface area contributed by atoms with Crippen LogP contribution in [0.4, 0.5) is 0 Å². The molecule has 0 atom stereocenters. The van der Waals surface area contributed by atoms with Crippen LogP contribution in [-0.4, -0.2) is 39.6 Å². The van der Waals surface area contributed by atoms with E-state index in [1.165, 1.54) is 33.8 Å². The molecule has 0 aliphatic carbocycles. The fraction of sp³-hybridized carbons (Fsp3) is 0.100. The van der Waals surface area contributed by atoms with E-state index in [0.29, 0.717) is 12.8 Å².